The maximum Gasteiger partial charge on any atom is 0.380 e. The second-order valence-corrected chi connectivity index (χ2v) is 4.03. The van der Waals surface area contributed by atoms with Gasteiger partial charge in [-0.3, -0.25) is 0 Å². The van der Waals surface area contributed by atoms with Gasteiger partial charge in [0.25, 0.3) is 11.6 Å². The Morgan fingerprint density at radius 3 is 1.45 bits per heavy atom. The van der Waals surface area contributed by atoms with Gasteiger partial charge in [0.05, 0.1) is 13.2 Å². The van der Waals surface area contributed by atoms with Gasteiger partial charge in [0.15, 0.2) is 0 Å². The highest BCUT2D eigenvalue weighted by molar-refractivity contribution is 5.86. The molecule has 0 aliphatic carbocycles. The standard InChI is InChI=1S/C12H18N4O4/c1-3-5-7-19-11(17)9-13-15-10(16-14-9)12(18)20-8-6-4-2/h3-8H2,1-2H3. The zero-order valence-electron chi connectivity index (χ0n) is 11.7. The van der Waals surface area contributed by atoms with Crippen molar-refractivity contribution >= 4 is 11.9 Å². The molecule has 0 aromatic carbocycles. The SMILES string of the molecule is CCCCOC(=O)c1nnc(C(=O)OCCCC)nn1. The Labute approximate surface area is 116 Å². The maximum absolute atomic E-state index is 11.5. The van der Waals surface area contributed by atoms with E-state index < -0.39 is 11.9 Å². The summed E-state index contributed by atoms with van der Waals surface area (Å²) in [7, 11) is 0. The highest BCUT2D eigenvalue weighted by Crippen LogP contribution is 1.97. The molecular weight excluding hydrogens is 264 g/mol. The Kier molecular flexibility index (Phi) is 7.08. The molecule has 1 heterocycles. The largest absolute Gasteiger partial charge is 0.460 e. The number of hydrogen-bond acceptors (Lipinski definition) is 8. The van der Waals surface area contributed by atoms with Gasteiger partial charge >= 0.3 is 11.9 Å². The summed E-state index contributed by atoms with van der Waals surface area (Å²) in [6.45, 7) is 4.54. The van der Waals surface area contributed by atoms with Gasteiger partial charge in [0.2, 0.25) is 0 Å². The zero-order chi connectivity index (χ0) is 14.8. The van der Waals surface area contributed by atoms with Crippen LogP contribution in [-0.4, -0.2) is 45.5 Å². The van der Waals surface area contributed by atoms with Gasteiger partial charge < -0.3 is 9.47 Å². The fourth-order valence-electron chi connectivity index (χ4n) is 1.14. The third-order valence-electron chi connectivity index (χ3n) is 2.31. The lowest BCUT2D eigenvalue weighted by Gasteiger charge is -2.02. The third kappa shape index (κ3) is 5.25. The fourth-order valence-corrected chi connectivity index (χ4v) is 1.14. The third-order valence-corrected chi connectivity index (χ3v) is 2.31. The zero-order valence-corrected chi connectivity index (χ0v) is 11.7. The molecule has 8 heteroatoms. The second-order valence-electron chi connectivity index (χ2n) is 4.03. The molecule has 0 atom stereocenters. The molecule has 110 valence electrons. The molecule has 0 aliphatic heterocycles. The van der Waals surface area contributed by atoms with Crippen molar-refractivity contribution < 1.29 is 19.1 Å². The van der Waals surface area contributed by atoms with Crippen molar-refractivity contribution in [2.24, 2.45) is 0 Å². The van der Waals surface area contributed by atoms with Crippen molar-refractivity contribution in [1.29, 1.82) is 0 Å². The van der Waals surface area contributed by atoms with Crippen LogP contribution in [0.4, 0.5) is 0 Å². The van der Waals surface area contributed by atoms with Crippen LogP contribution in [0.3, 0.4) is 0 Å². The monoisotopic (exact) mass is 282 g/mol. The van der Waals surface area contributed by atoms with E-state index in [-0.39, 0.29) is 11.6 Å². The molecule has 1 rings (SSSR count). The van der Waals surface area contributed by atoms with Gasteiger partial charge in [0, 0.05) is 0 Å². The molecular formula is C12H18N4O4. The molecule has 1 aromatic rings. The number of esters is 2. The molecule has 0 spiro atoms. The van der Waals surface area contributed by atoms with E-state index in [1.165, 1.54) is 0 Å². The van der Waals surface area contributed by atoms with Crippen LogP contribution in [0.2, 0.25) is 0 Å². The first-order chi connectivity index (χ1) is 9.69. The number of carbonyl (C=O) groups is 2. The van der Waals surface area contributed by atoms with E-state index in [2.05, 4.69) is 20.4 Å². The summed E-state index contributed by atoms with van der Waals surface area (Å²) in [4.78, 5) is 22.9. The minimum atomic E-state index is -0.704. The van der Waals surface area contributed by atoms with E-state index in [0.29, 0.717) is 13.2 Å². The molecule has 0 aliphatic rings. The lowest BCUT2D eigenvalue weighted by molar-refractivity contribution is 0.0455. The van der Waals surface area contributed by atoms with Crippen LogP contribution in [0.15, 0.2) is 0 Å². The summed E-state index contributed by atoms with van der Waals surface area (Å²) in [5.74, 6) is -1.95. The highest BCUT2D eigenvalue weighted by Gasteiger charge is 2.16. The number of aromatic nitrogens is 4. The van der Waals surface area contributed by atoms with Crippen molar-refractivity contribution in [1.82, 2.24) is 20.4 Å². The van der Waals surface area contributed by atoms with Crippen LogP contribution in [0.5, 0.6) is 0 Å². The molecule has 0 N–H and O–H groups in total. The van der Waals surface area contributed by atoms with Crippen LogP contribution in [0.1, 0.15) is 60.8 Å². The van der Waals surface area contributed by atoms with E-state index in [1.807, 2.05) is 13.8 Å². The molecule has 8 nitrogen and oxygen atoms in total. The molecule has 20 heavy (non-hydrogen) atoms. The van der Waals surface area contributed by atoms with E-state index >= 15 is 0 Å². The molecule has 0 saturated heterocycles. The molecule has 0 amide bonds. The van der Waals surface area contributed by atoms with Crippen LogP contribution in [-0.2, 0) is 9.47 Å². The van der Waals surface area contributed by atoms with Crippen molar-refractivity contribution in [3.05, 3.63) is 11.6 Å². The maximum atomic E-state index is 11.5. The minimum Gasteiger partial charge on any atom is -0.460 e. The van der Waals surface area contributed by atoms with Gasteiger partial charge in [-0.2, -0.15) is 0 Å². The Balaban J connectivity index is 2.50. The first-order valence-electron chi connectivity index (χ1n) is 6.60. The topological polar surface area (TPSA) is 104 Å². The predicted octanol–water partition coefficient (Wildman–Crippen LogP) is 1.18. The van der Waals surface area contributed by atoms with Gasteiger partial charge in [0.1, 0.15) is 0 Å². The summed E-state index contributed by atoms with van der Waals surface area (Å²) >= 11 is 0. The van der Waals surface area contributed by atoms with E-state index in [0.717, 1.165) is 25.7 Å². The number of ether oxygens (including phenoxy) is 2. The summed E-state index contributed by atoms with van der Waals surface area (Å²) in [6, 6.07) is 0. The quantitative estimate of drug-likeness (QED) is 0.517. The van der Waals surface area contributed by atoms with E-state index in [4.69, 9.17) is 9.47 Å². The van der Waals surface area contributed by atoms with Gasteiger partial charge in [-0.25, -0.2) is 9.59 Å². The Bertz CT molecular complexity index is 395. The smallest absolute Gasteiger partial charge is 0.380 e. The van der Waals surface area contributed by atoms with Crippen LogP contribution in [0, 0.1) is 0 Å². The van der Waals surface area contributed by atoms with Gasteiger partial charge in [-0.15, -0.1) is 20.4 Å². The molecule has 0 radical (unpaired) electrons. The fraction of sp³-hybridized carbons (Fsp3) is 0.667. The van der Waals surface area contributed by atoms with Crippen LogP contribution < -0.4 is 0 Å². The first kappa shape index (κ1) is 15.9. The summed E-state index contributed by atoms with van der Waals surface area (Å²) in [5.41, 5.74) is 0. The van der Waals surface area contributed by atoms with Gasteiger partial charge in [-0.05, 0) is 12.8 Å². The average Bonchev–Trinajstić information content (AvgIpc) is 2.47. The van der Waals surface area contributed by atoms with Gasteiger partial charge in [-0.1, -0.05) is 26.7 Å². The van der Waals surface area contributed by atoms with Crippen molar-refractivity contribution in [2.45, 2.75) is 39.5 Å². The highest BCUT2D eigenvalue weighted by atomic mass is 16.5. The van der Waals surface area contributed by atoms with Crippen molar-refractivity contribution in [3.8, 4) is 0 Å². The Morgan fingerprint density at radius 1 is 0.800 bits per heavy atom. The number of unbranched alkanes of at least 4 members (excludes halogenated alkanes) is 2. The normalized spacial score (nSPS) is 10.1. The molecule has 0 saturated carbocycles. The first-order valence-corrected chi connectivity index (χ1v) is 6.60. The number of rotatable bonds is 8. The lowest BCUT2D eigenvalue weighted by Crippen LogP contribution is -2.18. The van der Waals surface area contributed by atoms with Crippen LogP contribution >= 0.6 is 0 Å². The van der Waals surface area contributed by atoms with E-state index in [9.17, 15) is 9.59 Å². The number of hydrogen-bond donors (Lipinski definition) is 0. The molecule has 0 fully saturated rings. The summed E-state index contributed by atoms with van der Waals surface area (Å²) in [6.07, 6.45) is 3.34. The molecule has 1 aromatic heterocycles. The van der Waals surface area contributed by atoms with Crippen molar-refractivity contribution in [3.63, 3.8) is 0 Å². The predicted molar refractivity (Wildman–Crippen MR) is 68.0 cm³/mol. The average molecular weight is 282 g/mol. The lowest BCUT2D eigenvalue weighted by atomic mass is 10.4. The van der Waals surface area contributed by atoms with Crippen LogP contribution in [0.25, 0.3) is 0 Å². The Hall–Kier alpha value is -2.12. The van der Waals surface area contributed by atoms with Crippen molar-refractivity contribution in [2.75, 3.05) is 13.2 Å². The molecule has 0 bridgehead atoms. The molecule has 0 unspecified atom stereocenters. The summed E-state index contributed by atoms with van der Waals surface area (Å²) < 4.78 is 9.78. The second kappa shape index (κ2) is 8.89. The van der Waals surface area contributed by atoms with E-state index in [1.54, 1.807) is 0 Å². The minimum absolute atomic E-state index is 0.272. The Morgan fingerprint density at radius 2 is 1.15 bits per heavy atom. The number of nitrogens with zero attached hydrogens (tertiary/aromatic N) is 4. The number of carbonyl (C=O) groups excluding carboxylic acids is 2. The summed E-state index contributed by atoms with van der Waals surface area (Å²) in [5, 5.41) is 14.0.